The van der Waals surface area contributed by atoms with Crippen molar-refractivity contribution in [2.45, 2.75) is 45.4 Å². The molecule has 2 saturated heterocycles. The van der Waals surface area contributed by atoms with Crippen LogP contribution in [0.2, 0.25) is 0 Å². The standard InChI is InChI=1S/C16H27N5OS.HI/c1-11-15(23-12(2)20-11)8-19-16(17-3)18-7-14-9-21-6-4-5-13(21)10-22-14;/h13-14H,4-10H2,1-3H3,(H2,17,18,19);1H. The Bertz CT molecular complexity index is 565. The molecule has 0 saturated carbocycles. The van der Waals surface area contributed by atoms with Gasteiger partial charge in [-0.15, -0.1) is 35.3 Å². The van der Waals surface area contributed by atoms with Crippen LogP contribution in [0.25, 0.3) is 0 Å². The molecule has 0 radical (unpaired) electrons. The molecule has 0 amide bonds. The lowest BCUT2D eigenvalue weighted by Crippen LogP contribution is -2.51. The number of hydrogen-bond donors (Lipinski definition) is 2. The van der Waals surface area contributed by atoms with Gasteiger partial charge in [-0.3, -0.25) is 9.89 Å². The average Bonchev–Trinajstić information content (AvgIpc) is 3.13. The molecule has 1 aromatic heterocycles. The van der Waals surface area contributed by atoms with Crippen molar-refractivity contribution in [2.75, 3.05) is 33.3 Å². The first-order valence-corrected chi connectivity index (χ1v) is 9.20. The summed E-state index contributed by atoms with van der Waals surface area (Å²) in [4.78, 5) is 12.6. The van der Waals surface area contributed by atoms with Crippen molar-refractivity contribution in [3.05, 3.63) is 15.6 Å². The van der Waals surface area contributed by atoms with Crippen molar-refractivity contribution < 1.29 is 4.74 Å². The Kier molecular flexibility index (Phi) is 7.70. The van der Waals surface area contributed by atoms with Crippen LogP contribution < -0.4 is 10.6 Å². The average molecular weight is 465 g/mol. The minimum absolute atomic E-state index is 0. The van der Waals surface area contributed by atoms with Gasteiger partial charge in [0.1, 0.15) is 0 Å². The number of aromatic nitrogens is 1. The van der Waals surface area contributed by atoms with Crippen molar-refractivity contribution in [3.8, 4) is 0 Å². The Labute approximate surface area is 165 Å². The van der Waals surface area contributed by atoms with Crippen LogP contribution in [0.4, 0.5) is 0 Å². The second-order valence-corrected chi connectivity index (χ2v) is 7.58. The minimum Gasteiger partial charge on any atom is -0.373 e. The molecule has 0 aliphatic carbocycles. The number of halogens is 1. The van der Waals surface area contributed by atoms with Crippen molar-refractivity contribution >= 4 is 41.3 Å². The van der Waals surface area contributed by atoms with Crippen molar-refractivity contribution in [1.29, 1.82) is 0 Å². The number of rotatable bonds is 4. The second-order valence-electron chi connectivity index (χ2n) is 6.29. The fourth-order valence-corrected chi connectivity index (χ4v) is 4.22. The summed E-state index contributed by atoms with van der Waals surface area (Å²) >= 11 is 1.74. The molecule has 24 heavy (non-hydrogen) atoms. The molecule has 0 aromatic carbocycles. The zero-order valence-corrected chi connectivity index (χ0v) is 17.8. The maximum atomic E-state index is 5.98. The Morgan fingerprint density at radius 3 is 2.96 bits per heavy atom. The first-order valence-electron chi connectivity index (χ1n) is 8.38. The van der Waals surface area contributed by atoms with Crippen LogP contribution in [-0.4, -0.2) is 61.3 Å². The smallest absolute Gasteiger partial charge is 0.191 e. The van der Waals surface area contributed by atoms with Crippen LogP contribution in [-0.2, 0) is 11.3 Å². The van der Waals surface area contributed by atoms with E-state index in [-0.39, 0.29) is 30.1 Å². The van der Waals surface area contributed by atoms with E-state index in [1.165, 1.54) is 24.3 Å². The molecule has 2 fully saturated rings. The van der Waals surface area contributed by atoms with Crippen LogP contribution in [0.3, 0.4) is 0 Å². The Morgan fingerprint density at radius 1 is 1.42 bits per heavy atom. The summed E-state index contributed by atoms with van der Waals surface area (Å²) in [6.07, 6.45) is 2.84. The van der Waals surface area contributed by atoms with E-state index >= 15 is 0 Å². The number of ether oxygens (including phenoxy) is 1. The summed E-state index contributed by atoms with van der Waals surface area (Å²) in [7, 11) is 1.80. The molecule has 6 nitrogen and oxygen atoms in total. The fraction of sp³-hybridized carbons (Fsp3) is 0.750. The van der Waals surface area contributed by atoms with E-state index in [9.17, 15) is 0 Å². The molecule has 1 aromatic rings. The number of fused-ring (bicyclic) bond motifs is 1. The summed E-state index contributed by atoms with van der Waals surface area (Å²) in [6, 6.07) is 0.654. The van der Waals surface area contributed by atoms with Crippen LogP contribution in [0.5, 0.6) is 0 Å². The third-order valence-electron chi connectivity index (χ3n) is 4.60. The van der Waals surface area contributed by atoms with Gasteiger partial charge in [0.25, 0.3) is 0 Å². The Hall–Kier alpha value is -0.450. The molecule has 3 heterocycles. The molecule has 0 bridgehead atoms. The molecule has 2 unspecified atom stereocenters. The number of nitrogens with zero attached hydrogens (tertiary/aromatic N) is 3. The van der Waals surface area contributed by atoms with Gasteiger partial charge in [-0.1, -0.05) is 0 Å². The zero-order valence-electron chi connectivity index (χ0n) is 14.7. The lowest BCUT2D eigenvalue weighted by Gasteiger charge is -2.35. The highest BCUT2D eigenvalue weighted by atomic mass is 127. The van der Waals surface area contributed by atoms with Crippen LogP contribution in [0.15, 0.2) is 4.99 Å². The highest BCUT2D eigenvalue weighted by Crippen LogP contribution is 2.22. The van der Waals surface area contributed by atoms with Crippen LogP contribution in [0, 0.1) is 13.8 Å². The number of thiazole rings is 1. The van der Waals surface area contributed by atoms with E-state index < -0.39 is 0 Å². The normalized spacial score (nSPS) is 24.4. The van der Waals surface area contributed by atoms with Gasteiger partial charge in [0, 0.05) is 31.1 Å². The zero-order chi connectivity index (χ0) is 16.2. The number of morpholine rings is 1. The van der Waals surface area contributed by atoms with Gasteiger partial charge in [0.05, 0.1) is 30.0 Å². The van der Waals surface area contributed by atoms with Gasteiger partial charge in [-0.2, -0.15) is 0 Å². The molecule has 2 aliphatic rings. The first-order chi connectivity index (χ1) is 11.2. The maximum Gasteiger partial charge on any atom is 0.191 e. The minimum atomic E-state index is 0. The van der Waals surface area contributed by atoms with E-state index in [4.69, 9.17) is 4.74 Å². The predicted molar refractivity (Wildman–Crippen MR) is 110 cm³/mol. The number of aliphatic imine (C=N–C) groups is 1. The van der Waals surface area contributed by atoms with E-state index in [1.54, 1.807) is 18.4 Å². The van der Waals surface area contributed by atoms with Gasteiger partial charge in [-0.05, 0) is 33.2 Å². The highest BCUT2D eigenvalue weighted by Gasteiger charge is 2.32. The maximum absolute atomic E-state index is 5.98. The van der Waals surface area contributed by atoms with E-state index in [0.717, 1.165) is 42.9 Å². The molecule has 8 heteroatoms. The SMILES string of the molecule is CN=C(NCc1sc(C)nc1C)NCC1CN2CCCC2CO1.I. The number of nitrogens with one attached hydrogen (secondary N) is 2. The monoisotopic (exact) mass is 465 g/mol. The Balaban J connectivity index is 0.00000208. The Morgan fingerprint density at radius 2 is 2.25 bits per heavy atom. The first kappa shape index (κ1) is 19.9. The third kappa shape index (κ3) is 5.03. The molecule has 0 spiro atoms. The number of hydrogen-bond acceptors (Lipinski definition) is 5. The van der Waals surface area contributed by atoms with Gasteiger partial charge in [-0.25, -0.2) is 4.98 Å². The predicted octanol–water partition coefficient (Wildman–Crippen LogP) is 1.91. The summed E-state index contributed by atoms with van der Waals surface area (Å²) in [6.45, 7) is 8.78. The topological polar surface area (TPSA) is 61.8 Å². The van der Waals surface area contributed by atoms with E-state index in [0.29, 0.717) is 6.04 Å². The van der Waals surface area contributed by atoms with E-state index in [2.05, 4.69) is 32.4 Å². The van der Waals surface area contributed by atoms with E-state index in [1.807, 2.05) is 6.92 Å². The molecule has 2 atom stereocenters. The molecule has 2 N–H and O–H groups in total. The largest absolute Gasteiger partial charge is 0.373 e. The van der Waals surface area contributed by atoms with Crippen molar-refractivity contribution in [2.24, 2.45) is 4.99 Å². The quantitative estimate of drug-likeness (QED) is 0.404. The number of guanidine groups is 1. The van der Waals surface area contributed by atoms with Gasteiger partial charge in [0.2, 0.25) is 0 Å². The van der Waals surface area contributed by atoms with Crippen LogP contribution in [0.1, 0.15) is 28.4 Å². The number of aryl methyl sites for hydroxylation is 2. The van der Waals surface area contributed by atoms with Crippen molar-refractivity contribution in [1.82, 2.24) is 20.5 Å². The lowest BCUT2D eigenvalue weighted by atomic mass is 10.2. The summed E-state index contributed by atoms with van der Waals surface area (Å²) in [5.74, 6) is 0.822. The molecular weight excluding hydrogens is 437 g/mol. The molecule has 136 valence electrons. The molecular formula is C16H28IN5OS. The van der Waals surface area contributed by atoms with Gasteiger partial charge >= 0.3 is 0 Å². The highest BCUT2D eigenvalue weighted by molar-refractivity contribution is 14.0. The van der Waals surface area contributed by atoms with Crippen LogP contribution >= 0.6 is 35.3 Å². The molecule has 3 rings (SSSR count). The van der Waals surface area contributed by atoms with Gasteiger partial charge in [0.15, 0.2) is 5.96 Å². The summed E-state index contributed by atoms with van der Waals surface area (Å²) in [5, 5.41) is 7.86. The second kappa shape index (κ2) is 9.30. The lowest BCUT2D eigenvalue weighted by molar-refractivity contribution is -0.0453. The molecule has 2 aliphatic heterocycles. The third-order valence-corrected chi connectivity index (χ3v) is 5.67. The summed E-state index contributed by atoms with van der Waals surface area (Å²) in [5.41, 5.74) is 1.10. The summed E-state index contributed by atoms with van der Waals surface area (Å²) < 4.78 is 5.98. The van der Waals surface area contributed by atoms with Crippen molar-refractivity contribution in [3.63, 3.8) is 0 Å². The van der Waals surface area contributed by atoms with Gasteiger partial charge < -0.3 is 15.4 Å². The fourth-order valence-electron chi connectivity index (χ4n) is 3.34.